The highest BCUT2D eigenvalue weighted by Crippen LogP contribution is 2.13. The van der Waals surface area contributed by atoms with Crippen molar-refractivity contribution in [3.8, 4) is 0 Å². The predicted octanol–water partition coefficient (Wildman–Crippen LogP) is 2.93. The molecule has 5 heteroatoms. The van der Waals surface area contributed by atoms with Gasteiger partial charge in [-0.1, -0.05) is 33.2 Å². The van der Waals surface area contributed by atoms with Gasteiger partial charge in [0.25, 0.3) is 0 Å². The van der Waals surface area contributed by atoms with Gasteiger partial charge in [-0.15, -0.1) is 0 Å². The van der Waals surface area contributed by atoms with Gasteiger partial charge in [0.05, 0.1) is 12.1 Å². The van der Waals surface area contributed by atoms with Crippen molar-refractivity contribution < 1.29 is 9.32 Å². The Morgan fingerprint density at radius 1 is 1.47 bits per heavy atom. The average Bonchev–Trinajstić information content (AvgIpc) is 2.63. The molecule has 2 aromatic rings. The highest BCUT2D eigenvalue weighted by atomic mass is 79.9. The molecule has 4 nitrogen and oxygen atoms in total. The van der Waals surface area contributed by atoms with E-state index in [0.29, 0.717) is 12.3 Å². The number of anilines is 1. The summed E-state index contributed by atoms with van der Waals surface area (Å²) in [6.07, 6.45) is 0.305. The molecule has 88 valence electrons. The second-order valence-corrected chi connectivity index (χ2v) is 4.60. The van der Waals surface area contributed by atoms with Gasteiger partial charge in [0.1, 0.15) is 0 Å². The fraction of sp³-hybridized carbons (Fsp3) is 0.167. The minimum atomic E-state index is -0.126. The predicted molar refractivity (Wildman–Crippen MR) is 67.7 cm³/mol. The molecular formula is C12H11BrN2O2. The standard InChI is InChI=1S/C12H11BrN2O2/c1-8-5-12(17-15-8)14-11(16)7-9-3-2-4-10(13)6-9/h2-6H,7H2,1H3,(H,14,16). The van der Waals surface area contributed by atoms with Gasteiger partial charge in [-0.2, -0.15) is 0 Å². The number of nitrogens with zero attached hydrogens (tertiary/aromatic N) is 1. The number of carbonyl (C=O) groups excluding carboxylic acids is 1. The Morgan fingerprint density at radius 3 is 2.94 bits per heavy atom. The van der Waals surface area contributed by atoms with Crippen molar-refractivity contribution in [2.24, 2.45) is 0 Å². The number of halogens is 1. The number of rotatable bonds is 3. The summed E-state index contributed by atoms with van der Waals surface area (Å²) in [6, 6.07) is 9.30. The lowest BCUT2D eigenvalue weighted by molar-refractivity contribution is -0.115. The molecule has 0 aliphatic carbocycles. The summed E-state index contributed by atoms with van der Waals surface area (Å²) < 4.78 is 5.86. The Kier molecular flexibility index (Phi) is 3.58. The number of aromatic nitrogens is 1. The fourth-order valence-electron chi connectivity index (χ4n) is 1.44. The van der Waals surface area contributed by atoms with Gasteiger partial charge in [-0.05, 0) is 24.6 Å². The normalized spacial score (nSPS) is 10.2. The largest absolute Gasteiger partial charge is 0.338 e. The summed E-state index contributed by atoms with van der Waals surface area (Å²) in [5, 5.41) is 6.34. The van der Waals surface area contributed by atoms with Gasteiger partial charge in [0.15, 0.2) is 0 Å². The lowest BCUT2D eigenvalue weighted by Crippen LogP contribution is -2.13. The van der Waals surface area contributed by atoms with E-state index in [9.17, 15) is 4.79 Å². The van der Waals surface area contributed by atoms with Crippen molar-refractivity contribution >= 4 is 27.7 Å². The molecule has 0 aliphatic heterocycles. The van der Waals surface area contributed by atoms with E-state index >= 15 is 0 Å². The third-order valence-corrected chi connectivity index (χ3v) is 2.64. The van der Waals surface area contributed by atoms with Crippen molar-refractivity contribution in [3.63, 3.8) is 0 Å². The first kappa shape index (κ1) is 11.9. The van der Waals surface area contributed by atoms with E-state index in [0.717, 1.165) is 15.7 Å². The van der Waals surface area contributed by atoms with Crippen LogP contribution in [0.4, 0.5) is 5.88 Å². The number of hydrogen-bond acceptors (Lipinski definition) is 3. The molecule has 0 saturated carbocycles. The van der Waals surface area contributed by atoms with Crippen LogP contribution in [0.1, 0.15) is 11.3 Å². The Labute approximate surface area is 107 Å². The topological polar surface area (TPSA) is 55.1 Å². The zero-order chi connectivity index (χ0) is 12.3. The summed E-state index contributed by atoms with van der Waals surface area (Å²) in [5.41, 5.74) is 1.68. The van der Waals surface area contributed by atoms with Crippen LogP contribution in [0, 0.1) is 6.92 Å². The third-order valence-electron chi connectivity index (χ3n) is 2.14. The number of aryl methyl sites for hydroxylation is 1. The minimum absolute atomic E-state index is 0.126. The van der Waals surface area contributed by atoms with Gasteiger partial charge >= 0.3 is 0 Å². The van der Waals surface area contributed by atoms with Gasteiger partial charge < -0.3 is 4.52 Å². The summed E-state index contributed by atoms with van der Waals surface area (Å²) >= 11 is 3.36. The number of carbonyl (C=O) groups is 1. The maximum Gasteiger partial charge on any atom is 0.231 e. The molecule has 0 bridgehead atoms. The Balaban J connectivity index is 1.98. The molecule has 1 N–H and O–H groups in total. The van der Waals surface area contributed by atoms with Gasteiger partial charge in [0.2, 0.25) is 11.8 Å². The molecule has 2 rings (SSSR count). The second-order valence-electron chi connectivity index (χ2n) is 3.69. The van der Waals surface area contributed by atoms with E-state index in [-0.39, 0.29) is 5.91 Å². The Bertz CT molecular complexity index is 537. The van der Waals surface area contributed by atoms with Crippen LogP contribution in [0.3, 0.4) is 0 Å². The lowest BCUT2D eigenvalue weighted by Gasteiger charge is -2.01. The maximum absolute atomic E-state index is 11.7. The summed E-state index contributed by atoms with van der Waals surface area (Å²) in [4.78, 5) is 11.7. The first-order chi connectivity index (χ1) is 8.13. The fourth-order valence-corrected chi connectivity index (χ4v) is 1.88. The summed E-state index contributed by atoms with van der Waals surface area (Å²) in [7, 11) is 0. The van der Waals surface area contributed by atoms with Crippen LogP contribution >= 0.6 is 15.9 Å². The molecule has 0 atom stereocenters. The van der Waals surface area contributed by atoms with Crippen LogP contribution in [-0.4, -0.2) is 11.1 Å². The SMILES string of the molecule is Cc1cc(NC(=O)Cc2cccc(Br)c2)on1. The van der Waals surface area contributed by atoms with Crippen molar-refractivity contribution in [2.45, 2.75) is 13.3 Å². The van der Waals surface area contributed by atoms with E-state index < -0.39 is 0 Å². The van der Waals surface area contributed by atoms with Crippen LogP contribution in [0.15, 0.2) is 39.3 Å². The van der Waals surface area contributed by atoms with E-state index in [1.54, 1.807) is 13.0 Å². The third kappa shape index (κ3) is 3.42. The molecule has 1 heterocycles. The first-order valence-electron chi connectivity index (χ1n) is 5.11. The van der Waals surface area contributed by atoms with Crippen LogP contribution in [0.25, 0.3) is 0 Å². The van der Waals surface area contributed by atoms with Crippen molar-refractivity contribution in [1.82, 2.24) is 5.16 Å². The molecular weight excluding hydrogens is 284 g/mol. The number of amides is 1. The van der Waals surface area contributed by atoms with E-state index in [1.165, 1.54) is 0 Å². The molecule has 0 spiro atoms. The molecule has 0 radical (unpaired) electrons. The molecule has 1 amide bonds. The number of nitrogens with one attached hydrogen (secondary N) is 1. The van der Waals surface area contributed by atoms with Crippen molar-refractivity contribution in [1.29, 1.82) is 0 Å². The lowest BCUT2D eigenvalue weighted by atomic mass is 10.1. The maximum atomic E-state index is 11.7. The molecule has 0 aliphatic rings. The first-order valence-corrected chi connectivity index (χ1v) is 5.90. The molecule has 0 saturated heterocycles. The van der Waals surface area contributed by atoms with E-state index in [2.05, 4.69) is 26.4 Å². The van der Waals surface area contributed by atoms with Gasteiger partial charge in [-0.25, -0.2) is 0 Å². The monoisotopic (exact) mass is 294 g/mol. The highest BCUT2D eigenvalue weighted by Gasteiger charge is 2.07. The van der Waals surface area contributed by atoms with Gasteiger partial charge in [0, 0.05) is 10.5 Å². The smallest absolute Gasteiger partial charge is 0.231 e. The minimum Gasteiger partial charge on any atom is -0.338 e. The number of hydrogen-bond donors (Lipinski definition) is 1. The van der Waals surface area contributed by atoms with Gasteiger partial charge in [-0.3, -0.25) is 10.1 Å². The van der Waals surface area contributed by atoms with Crippen molar-refractivity contribution in [3.05, 3.63) is 46.1 Å². The van der Waals surface area contributed by atoms with Crippen LogP contribution in [0.2, 0.25) is 0 Å². The molecule has 17 heavy (non-hydrogen) atoms. The molecule has 1 aromatic heterocycles. The van der Waals surface area contributed by atoms with Crippen LogP contribution < -0.4 is 5.32 Å². The second kappa shape index (κ2) is 5.14. The zero-order valence-corrected chi connectivity index (χ0v) is 10.8. The van der Waals surface area contributed by atoms with Crippen molar-refractivity contribution in [2.75, 3.05) is 5.32 Å². The summed E-state index contributed by atoms with van der Waals surface area (Å²) in [5.74, 6) is 0.252. The molecule has 1 aromatic carbocycles. The molecule has 0 fully saturated rings. The van der Waals surface area contributed by atoms with E-state index in [4.69, 9.17) is 4.52 Å². The average molecular weight is 295 g/mol. The Hall–Kier alpha value is -1.62. The zero-order valence-electron chi connectivity index (χ0n) is 9.24. The number of benzene rings is 1. The Morgan fingerprint density at radius 2 is 2.29 bits per heavy atom. The van der Waals surface area contributed by atoms with Crippen LogP contribution in [0.5, 0.6) is 0 Å². The highest BCUT2D eigenvalue weighted by molar-refractivity contribution is 9.10. The van der Waals surface area contributed by atoms with E-state index in [1.807, 2.05) is 24.3 Å². The summed E-state index contributed by atoms with van der Waals surface area (Å²) in [6.45, 7) is 1.80. The quantitative estimate of drug-likeness (QED) is 0.947. The van der Waals surface area contributed by atoms with Crippen LogP contribution in [-0.2, 0) is 11.2 Å². The molecule has 0 unspecified atom stereocenters.